The second-order valence-corrected chi connectivity index (χ2v) is 5.91. The maximum Gasteiger partial charge on any atom is 0.229 e. The molecule has 96 valence electrons. The van der Waals surface area contributed by atoms with Crippen LogP contribution in [0.3, 0.4) is 0 Å². The van der Waals surface area contributed by atoms with E-state index in [0.717, 1.165) is 37.5 Å². The van der Waals surface area contributed by atoms with Crippen molar-refractivity contribution >= 4 is 11.3 Å². The van der Waals surface area contributed by atoms with Gasteiger partial charge in [0, 0.05) is 23.3 Å². The maximum atomic E-state index is 5.42. The molecule has 4 nitrogen and oxygen atoms in total. The lowest BCUT2D eigenvalue weighted by Gasteiger charge is -2.25. The van der Waals surface area contributed by atoms with Crippen LogP contribution in [0, 0.1) is 0 Å². The van der Waals surface area contributed by atoms with Crippen molar-refractivity contribution in [2.45, 2.75) is 38.1 Å². The fourth-order valence-corrected chi connectivity index (χ4v) is 3.13. The maximum absolute atomic E-state index is 5.42. The Bertz CT molecular complexity index is 494. The SMILES string of the molecule is C[C@H]1C[C@@H](c2nc(Cc3cccs3)no2)CCN1. The third kappa shape index (κ3) is 2.62. The van der Waals surface area contributed by atoms with Crippen molar-refractivity contribution < 1.29 is 4.52 Å². The van der Waals surface area contributed by atoms with Gasteiger partial charge in [0.1, 0.15) is 0 Å². The molecule has 0 spiro atoms. The minimum Gasteiger partial charge on any atom is -0.339 e. The van der Waals surface area contributed by atoms with E-state index in [1.807, 2.05) is 0 Å². The standard InChI is InChI=1S/C13H17N3OS/c1-9-7-10(4-5-14-9)13-15-12(16-17-13)8-11-3-2-6-18-11/h2-3,6,9-10,14H,4-5,7-8H2,1H3/t9-,10-/m0/s1. The first kappa shape index (κ1) is 11.9. The minimum atomic E-state index is 0.422. The Hall–Kier alpha value is -1.20. The molecule has 1 N–H and O–H groups in total. The van der Waals surface area contributed by atoms with Gasteiger partial charge in [0.25, 0.3) is 0 Å². The number of aromatic nitrogens is 2. The van der Waals surface area contributed by atoms with Gasteiger partial charge in [-0.15, -0.1) is 11.3 Å². The summed E-state index contributed by atoms with van der Waals surface area (Å²) in [6, 6.07) is 4.69. The molecule has 0 radical (unpaired) electrons. The molecule has 1 saturated heterocycles. The zero-order chi connectivity index (χ0) is 12.4. The van der Waals surface area contributed by atoms with Crippen molar-refractivity contribution in [1.82, 2.24) is 15.5 Å². The summed E-state index contributed by atoms with van der Waals surface area (Å²) in [4.78, 5) is 5.82. The van der Waals surface area contributed by atoms with Gasteiger partial charge in [-0.2, -0.15) is 4.98 Å². The molecule has 0 aromatic carbocycles. The summed E-state index contributed by atoms with van der Waals surface area (Å²) in [5.74, 6) is 2.04. The molecule has 0 saturated carbocycles. The van der Waals surface area contributed by atoms with Crippen LogP contribution in [0.15, 0.2) is 22.0 Å². The lowest BCUT2D eigenvalue weighted by Crippen LogP contribution is -2.34. The first-order valence-corrected chi connectivity index (χ1v) is 7.27. The first-order chi connectivity index (χ1) is 8.81. The van der Waals surface area contributed by atoms with Gasteiger partial charge in [-0.1, -0.05) is 11.2 Å². The van der Waals surface area contributed by atoms with Gasteiger partial charge in [0.2, 0.25) is 5.89 Å². The van der Waals surface area contributed by atoms with Crippen molar-refractivity contribution in [3.63, 3.8) is 0 Å². The van der Waals surface area contributed by atoms with E-state index < -0.39 is 0 Å². The van der Waals surface area contributed by atoms with E-state index in [1.54, 1.807) is 11.3 Å². The van der Waals surface area contributed by atoms with Gasteiger partial charge in [-0.05, 0) is 37.8 Å². The summed E-state index contributed by atoms with van der Waals surface area (Å²) in [6.45, 7) is 3.24. The second-order valence-electron chi connectivity index (χ2n) is 4.88. The summed E-state index contributed by atoms with van der Waals surface area (Å²) < 4.78 is 5.42. The average Bonchev–Trinajstić information content (AvgIpc) is 3.01. The lowest BCUT2D eigenvalue weighted by atomic mass is 9.93. The van der Waals surface area contributed by atoms with E-state index in [-0.39, 0.29) is 0 Å². The highest BCUT2D eigenvalue weighted by atomic mass is 32.1. The fourth-order valence-electron chi connectivity index (χ4n) is 2.43. The van der Waals surface area contributed by atoms with E-state index in [9.17, 15) is 0 Å². The molecule has 2 aromatic rings. The van der Waals surface area contributed by atoms with E-state index >= 15 is 0 Å². The second kappa shape index (κ2) is 5.20. The molecule has 5 heteroatoms. The van der Waals surface area contributed by atoms with Gasteiger partial charge >= 0.3 is 0 Å². The molecule has 18 heavy (non-hydrogen) atoms. The third-order valence-corrected chi connectivity index (χ3v) is 4.25. The van der Waals surface area contributed by atoms with Crippen LogP contribution in [0.25, 0.3) is 0 Å². The summed E-state index contributed by atoms with van der Waals surface area (Å²) in [5.41, 5.74) is 0. The highest BCUT2D eigenvalue weighted by Crippen LogP contribution is 2.26. The highest BCUT2D eigenvalue weighted by Gasteiger charge is 2.24. The van der Waals surface area contributed by atoms with Gasteiger partial charge in [0.05, 0.1) is 0 Å². The normalized spacial score (nSPS) is 24.3. The largest absolute Gasteiger partial charge is 0.339 e. The third-order valence-electron chi connectivity index (χ3n) is 3.37. The van der Waals surface area contributed by atoms with Crippen LogP contribution in [0.1, 0.15) is 42.3 Å². The minimum absolute atomic E-state index is 0.422. The van der Waals surface area contributed by atoms with Crippen molar-refractivity contribution in [3.05, 3.63) is 34.1 Å². The molecule has 1 fully saturated rings. The van der Waals surface area contributed by atoms with Crippen molar-refractivity contribution in [2.75, 3.05) is 6.54 Å². The number of rotatable bonds is 3. The Morgan fingerprint density at radius 3 is 3.28 bits per heavy atom. The molecule has 0 amide bonds. The Morgan fingerprint density at radius 2 is 2.50 bits per heavy atom. The Labute approximate surface area is 110 Å². The Balaban J connectivity index is 1.69. The summed E-state index contributed by atoms with van der Waals surface area (Å²) in [6.07, 6.45) is 2.95. The molecule has 1 aliphatic rings. The van der Waals surface area contributed by atoms with Gasteiger partial charge in [-0.25, -0.2) is 0 Å². The summed E-state index contributed by atoms with van der Waals surface area (Å²) in [7, 11) is 0. The number of hydrogen-bond donors (Lipinski definition) is 1. The van der Waals surface area contributed by atoms with Crippen LogP contribution in [0.2, 0.25) is 0 Å². The average molecular weight is 263 g/mol. The quantitative estimate of drug-likeness (QED) is 0.924. The number of nitrogens with zero attached hydrogens (tertiary/aromatic N) is 2. The van der Waals surface area contributed by atoms with Crippen molar-refractivity contribution in [2.24, 2.45) is 0 Å². The summed E-state index contributed by atoms with van der Waals surface area (Å²) in [5, 5.41) is 9.60. The fraction of sp³-hybridized carbons (Fsp3) is 0.538. The first-order valence-electron chi connectivity index (χ1n) is 6.39. The van der Waals surface area contributed by atoms with Crippen LogP contribution < -0.4 is 5.32 Å². The monoisotopic (exact) mass is 263 g/mol. The Morgan fingerprint density at radius 1 is 1.56 bits per heavy atom. The van der Waals surface area contributed by atoms with Crippen molar-refractivity contribution in [3.8, 4) is 0 Å². The number of thiophene rings is 1. The molecule has 1 aliphatic heterocycles. The Kier molecular flexibility index (Phi) is 3.43. The topological polar surface area (TPSA) is 51.0 Å². The molecule has 2 atom stereocenters. The molecule has 0 aliphatic carbocycles. The smallest absolute Gasteiger partial charge is 0.229 e. The molecule has 0 bridgehead atoms. The zero-order valence-corrected chi connectivity index (χ0v) is 11.2. The van der Waals surface area contributed by atoms with E-state index in [2.05, 4.69) is 39.9 Å². The van der Waals surface area contributed by atoms with E-state index in [4.69, 9.17) is 4.52 Å². The van der Waals surface area contributed by atoms with E-state index in [1.165, 1.54) is 4.88 Å². The molecule has 3 rings (SSSR count). The number of piperidine rings is 1. The lowest BCUT2D eigenvalue weighted by molar-refractivity contribution is 0.294. The molecule has 0 unspecified atom stereocenters. The van der Waals surface area contributed by atoms with Gasteiger partial charge < -0.3 is 9.84 Å². The van der Waals surface area contributed by atoms with Crippen LogP contribution in [0.4, 0.5) is 0 Å². The number of hydrogen-bond acceptors (Lipinski definition) is 5. The van der Waals surface area contributed by atoms with Crippen LogP contribution >= 0.6 is 11.3 Å². The summed E-state index contributed by atoms with van der Waals surface area (Å²) >= 11 is 1.73. The predicted molar refractivity (Wildman–Crippen MR) is 70.9 cm³/mol. The highest BCUT2D eigenvalue weighted by molar-refractivity contribution is 7.09. The van der Waals surface area contributed by atoms with Crippen molar-refractivity contribution in [1.29, 1.82) is 0 Å². The predicted octanol–water partition coefficient (Wildman–Crippen LogP) is 2.58. The van der Waals surface area contributed by atoms with Crippen LogP contribution in [-0.2, 0) is 6.42 Å². The van der Waals surface area contributed by atoms with Crippen LogP contribution in [0.5, 0.6) is 0 Å². The zero-order valence-electron chi connectivity index (χ0n) is 10.4. The number of nitrogens with one attached hydrogen (secondary N) is 1. The molecular weight excluding hydrogens is 246 g/mol. The van der Waals surface area contributed by atoms with Gasteiger partial charge in [0.15, 0.2) is 5.82 Å². The van der Waals surface area contributed by atoms with E-state index in [0.29, 0.717) is 12.0 Å². The van der Waals surface area contributed by atoms with Crippen LogP contribution in [-0.4, -0.2) is 22.7 Å². The molecule has 3 heterocycles. The molecular formula is C13H17N3OS. The molecule has 2 aromatic heterocycles. The van der Waals surface area contributed by atoms with Gasteiger partial charge in [-0.3, -0.25) is 0 Å².